The van der Waals surface area contributed by atoms with E-state index >= 15 is 0 Å². The van der Waals surface area contributed by atoms with E-state index in [1.165, 1.54) is 142 Å². The van der Waals surface area contributed by atoms with E-state index in [0.29, 0.717) is 31.2 Å². The van der Waals surface area contributed by atoms with Gasteiger partial charge in [0.15, 0.2) is 0 Å². The fraction of sp³-hybridized carbons (Fsp3) is 1.00. The van der Waals surface area contributed by atoms with Crippen LogP contribution >= 0.6 is 0 Å². The van der Waals surface area contributed by atoms with Gasteiger partial charge in [0.05, 0.1) is 0 Å². The predicted octanol–water partition coefficient (Wildman–Crippen LogP) is 10.1. The molecule has 0 N–H and O–H groups in total. The molecule has 0 amide bonds. The minimum atomic E-state index is -0.875. The molecule has 1 aliphatic heterocycles. The van der Waals surface area contributed by atoms with Gasteiger partial charge in [-0.05, 0) is 71.4 Å². The van der Waals surface area contributed by atoms with Crippen LogP contribution in [0.4, 0.5) is 0 Å². The van der Waals surface area contributed by atoms with E-state index in [1.807, 2.05) is 0 Å². The van der Waals surface area contributed by atoms with Crippen LogP contribution in [-0.2, 0) is 14.2 Å². The lowest BCUT2D eigenvalue weighted by Crippen LogP contribution is -2.47. The zero-order chi connectivity index (χ0) is 30.9. The predicted molar refractivity (Wildman–Crippen MR) is 182 cm³/mol. The zero-order valence-corrected chi connectivity index (χ0v) is 29.8. The Morgan fingerprint density at radius 2 is 0.881 bits per heavy atom. The van der Waals surface area contributed by atoms with Crippen molar-refractivity contribution in [1.29, 1.82) is 0 Å². The van der Waals surface area contributed by atoms with E-state index < -0.39 is 5.97 Å². The number of piperazine rings is 1. The topological polar surface area (TPSA) is 34.2 Å². The van der Waals surface area contributed by atoms with Crippen LogP contribution in [0.15, 0.2) is 0 Å². The molecule has 5 heteroatoms. The van der Waals surface area contributed by atoms with Crippen molar-refractivity contribution < 1.29 is 14.2 Å². The SMILES string of the molecule is CCCCCCCCC(CCCCN1CCN(CCCCCCCCCC(C)(C)C)CC1)C(OCC)(OCC)OCC. The van der Waals surface area contributed by atoms with Gasteiger partial charge in [0, 0.05) is 51.9 Å². The molecule has 1 unspecified atom stereocenters. The summed E-state index contributed by atoms with van der Waals surface area (Å²) in [5.41, 5.74) is 0.504. The molecule has 1 fully saturated rings. The molecule has 0 bridgehead atoms. The Hall–Kier alpha value is -0.200. The van der Waals surface area contributed by atoms with Crippen molar-refractivity contribution in [3.63, 3.8) is 0 Å². The third-order valence-electron chi connectivity index (χ3n) is 9.09. The standard InChI is InChI=1S/C37H76N2O3/c1-8-12-13-14-18-21-26-35(37(40-9-2,41-10-3)42-11-4)27-22-25-30-39-33-31-38(32-34-39)29-24-20-17-15-16-19-23-28-36(5,6)7/h35H,8-34H2,1-7H3. The van der Waals surface area contributed by atoms with Gasteiger partial charge in [0.25, 0.3) is 5.97 Å². The Balaban J connectivity index is 2.30. The second-order valence-corrected chi connectivity index (χ2v) is 14.1. The summed E-state index contributed by atoms with van der Waals surface area (Å²) in [6, 6.07) is 0. The van der Waals surface area contributed by atoms with Crippen molar-refractivity contribution in [1.82, 2.24) is 9.80 Å². The molecule has 1 saturated heterocycles. The number of rotatable bonds is 28. The minimum absolute atomic E-state index is 0.295. The van der Waals surface area contributed by atoms with Crippen molar-refractivity contribution in [2.75, 3.05) is 59.1 Å². The monoisotopic (exact) mass is 597 g/mol. The third-order valence-corrected chi connectivity index (χ3v) is 9.09. The van der Waals surface area contributed by atoms with Crippen molar-refractivity contribution in [2.24, 2.45) is 11.3 Å². The first-order valence-electron chi connectivity index (χ1n) is 18.7. The molecule has 0 aliphatic carbocycles. The molecule has 0 aromatic rings. The van der Waals surface area contributed by atoms with Crippen LogP contribution in [0.5, 0.6) is 0 Å². The molecule has 0 spiro atoms. The maximum atomic E-state index is 6.25. The molecular weight excluding hydrogens is 520 g/mol. The van der Waals surface area contributed by atoms with E-state index in [2.05, 4.69) is 58.3 Å². The Morgan fingerprint density at radius 3 is 1.33 bits per heavy atom. The molecule has 0 aromatic carbocycles. The largest absolute Gasteiger partial charge is 0.328 e. The van der Waals surface area contributed by atoms with Crippen LogP contribution in [0.1, 0.15) is 164 Å². The normalized spacial score (nSPS) is 16.4. The molecule has 0 radical (unpaired) electrons. The summed E-state index contributed by atoms with van der Waals surface area (Å²) in [6.07, 6.45) is 23.9. The molecule has 1 rings (SSSR count). The zero-order valence-electron chi connectivity index (χ0n) is 29.8. The van der Waals surface area contributed by atoms with E-state index in [1.54, 1.807) is 0 Å². The van der Waals surface area contributed by atoms with Gasteiger partial charge in [-0.1, -0.05) is 111 Å². The summed E-state index contributed by atoms with van der Waals surface area (Å²) in [4.78, 5) is 5.40. The maximum absolute atomic E-state index is 6.25. The van der Waals surface area contributed by atoms with Gasteiger partial charge in [-0.25, -0.2) is 0 Å². The second-order valence-electron chi connectivity index (χ2n) is 14.1. The van der Waals surface area contributed by atoms with Crippen LogP contribution in [0, 0.1) is 11.3 Å². The van der Waals surface area contributed by atoms with Crippen molar-refractivity contribution in [3.05, 3.63) is 0 Å². The van der Waals surface area contributed by atoms with E-state index in [-0.39, 0.29) is 0 Å². The fourth-order valence-electron chi connectivity index (χ4n) is 6.59. The lowest BCUT2D eigenvalue weighted by atomic mass is 9.89. The average Bonchev–Trinajstić information content (AvgIpc) is 2.95. The van der Waals surface area contributed by atoms with Crippen LogP contribution in [0.3, 0.4) is 0 Å². The summed E-state index contributed by atoms with van der Waals surface area (Å²) in [7, 11) is 0. The molecule has 0 saturated carbocycles. The van der Waals surface area contributed by atoms with Gasteiger partial charge in [-0.3, -0.25) is 0 Å². The van der Waals surface area contributed by atoms with Gasteiger partial charge in [0.1, 0.15) is 0 Å². The average molecular weight is 597 g/mol. The third kappa shape index (κ3) is 19.2. The highest BCUT2D eigenvalue weighted by Gasteiger charge is 2.41. The second kappa shape index (κ2) is 25.0. The highest BCUT2D eigenvalue weighted by atomic mass is 16.9. The lowest BCUT2D eigenvalue weighted by molar-refractivity contribution is -0.403. The summed E-state index contributed by atoms with van der Waals surface area (Å²) in [6.45, 7) is 24.9. The molecule has 5 nitrogen and oxygen atoms in total. The minimum Gasteiger partial charge on any atom is -0.328 e. The number of ether oxygens (including phenoxy) is 3. The maximum Gasteiger partial charge on any atom is 0.285 e. The first-order chi connectivity index (χ1) is 20.3. The Morgan fingerprint density at radius 1 is 0.500 bits per heavy atom. The van der Waals surface area contributed by atoms with E-state index in [9.17, 15) is 0 Å². The van der Waals surface area contributed by atoms with Gasteiger partial charge >= 0.3 is 0 Å². The van der Waals surface area contributed by atoms with Crippen LogP contribution in [-0.4, -0.2) is 74.9 Å². The summed E-state index contributed by atoms with van der Waals surface area (Å²) in [5, 5.41) is 0. The van der Waals surface area contributed by atoms with Crippen LogP contribution in [0.25, 0.3) is 0 Å². The summed E-state index contributed by atoms with van der Waals surface area (Å²) < 4.78 is 18.7. The highest BCUT2D eigenvalue weighted by Crippen LogP contribution is 2.34. The quantitative estimate of drug-likeness (QED) is 0.0663. The fourth-order valence-corrected chi connectivity index (χ4v) is 6.59. The van der Waals surface area contributed by atoms with E-state index in [0.717, 1.165) is 12.8 Å². The van der Waals surface area contributed by atoms with Gasteiger partial charge < -0.3 is 24.0 Å². The molecule has 1 atom stereocenters. The van der Waals surface area contributed by atoms with Crippen molar-refractivity contribution >= 4 is 0 Å². The van der Waals surface area contributed by atoms with Gasteiger partial charge in [-0.15, -0.1) is 0 Å². The van der Waals surface area contributed by atoms with Gasteiger partial charge in [-0.2, -0.15) is 0 Å². The molecule has 1 heterocycles. The Kier molecular flexibility index (Phi) is 23.7. The first kappa shape index (κ1) is 39.8. The van der Waals surface area contributed by atoms with Crippen molar-refractivity contribution in [2.45, 2.75) is 170 Å². The van der Waals surface area contributed by atoms with Crippen molar-refractivity contribution in [3.8, 4) is 0 Å². The van der Waals surface area contributed by atoms with Crippen LogP contribution < -0.4 is 0 Å². The number of hydrogen-bond donors (Lipinski definition) is 0. The molecule has 252 valence electrons. The molecule has 0 aromatic heterocycles. The van der Waals surface area contributed by atoms with E-state index in [4.69, 9.17) is 14.2 Å². The first-order valence-corrected chi connectivity index (χ1v) is 18.7. The summed E-state index contributed by atoms with van der Waals surface area (Å²) in [5.74, 6) is -0.580. The molecule has 1 aliphatic rings. The molecule has 42 heavy (non-hydrogen) atoms. The highest BCUT2D eigenvalue weighted by molar-refractivity contribution is 4.75. The number of unbranched alkanes of at least 4 members (excludes halogenated alkanes) is 12. The number of nitrogens with zero attached hydrogens (tertiary/aromatic N) is 2. The number of hydrogen-bond acceptors (Lipinski definition) is 5. The van der Waals surface area contributed by atoms with Crippen LogP contribution in [0.2, 0.25) is 0 Å². The summed E-state index contributed by atoms with van der Waals surface area (Å²) >= 11 is 0. The molecular formula is C37H76N2O3. The van der Waals surface area contributed by atoms with Gasteiger partial charge in [0.2, 0.25) is 0 Å². The lowest BCUT2D eigenvalue weighted by Gasteiger charge is -2.39. The Bertz CT molecular complexity index is 569. The smallest absolute Gasteiger partial charge is 0.285 e. The Labute approximate surface area is 264 Å².